The number of rotatable bonds is 4. The lowest BCUT2D eigenvalue weighted by atomic mass is 10.2. The van der Waals surface area contributed by atoms with Crippen LogP contribution in [0.4, 0.5) is 0 Å². The Morgan fingerprint density at radius 2 is 2.24 bits per heavy atom. The van der Waals surface area contributed by atoms with Crippen molar-refractivity contribution in [3.8, 4) is 5.75 Å². The van der Waals surface area contributed by atoms with Crippen molar-refractivity contribution in [2.75, 3.05) is 0 Å². The normalized spacial score (nSPS) is 16.4. The van der Waals surface area contributed by atoms with E-state index < -0.39 is 6.10 Å². The lowest BCUT2D eigenvalue weighted by Gasteiger charge is -2.16. The van der Waals surface area contributed by atoms with E-state index in [1.807, 2.05) is 13.0 Å². The van der Waals surface area contributed by atoms with Gasteiger partial charge in [-0.1, -0.05) is 11.6 Å². The first-order valence-electron chi connectivity index (χ1n) is 5.79. The number of benzene rings is 1. The summed E-state index contributed by atoms with van der Waals surface area (Å²) in [7, 11) is 0. The first-order chi connectivity index (χ1) is 8.06. The molecule has 0 aliphatic heterocycles. The van der Waals surface area contributed by atoms with Gasteiger partial charge >= 0.3 is 0 Å². The van der Waals surface area contributed by atoms with Gasteiger partial charge < -0.3 is 10.1 Å². The van der Waals surface area contributed by atoms with E-state index in [1.54, 1.807) is 19.1 Å². The predicted molar refractivity (Wildman–Crippen MR) is 67.4 cm³/mol. The molecule has 4 heteroatoms. The quantitative estimate of drug-likeness (QED) is 0.896. The number of amides is 1. The molecule has 1 N–H and O–H groups in total. The number of nitrogens with one attached hydrogen (secondary N) is 1. The fourth-order valence-corrected chi connectivity index (χ4v) is 1.76. The molecule has 1 aromatic carbocycles. The topological polar surface area (TPSA) is 38.3 Å². The Kier molecular flexibility index (Phi) is 3.57. The van der Waals surface area contributed by atoms with Crippen LogP contribution in [0.15, 0.2) is 18.2 Å². The molecule has 1 fully saturated rings. The molecular weight excluding hydrogens is 238 g/mol. The largest absolute Gasteiger partial charge is 0.481 e. The maximum Gasteiger partial charge on any atom is 0.260 e. The van der Waals surface area contributed by atoms with Gasteiger partial charge in [-0.3, -0.25) is 4.79 Å². The maximum atomic E-state index is 11.7. The number of hydrogen-bond acceptors (Lipinski definition) is 2. The van der Waals surface area contributed by atoms with E-state index in [2.05, 4.69) is 5.32 Å². The van der Waals surface area contributed by atoms with Crippen LogP contribution in [0, 0.1) is 6.92 Å². The molecule has 0 aromatic heterocycles. The molecular formula is C13H16ClNO2. The molecule has 3 nitrogen and oxygen atoms in total. The first-order valence-corrected chi connectivity index (χ1v) is 6.17. The molecule has 0 bridgehead atoms. The second kappa shape index (κ2) is 4.96. The van der Waals surface area contributed by atoms with Crippen LogP contribution in [0.1, 0.15) is 25.3 Å². The third-order valence-corrected chi connectivity index (χ3v) is 2.97. The summed E-state index contributed by atoms with van der Waals surface area (Å²) in [6.07, 6.45) is 1.69. The average Bonchev–Trinajstić information content (AvgIpc) is 3.06. The van der Waals surface area contributed by atoms with Crippen molar-refractivity contribution in [2.24, 2.45) is 0 Å². The van der Waals surface area contributed by atoms with Gasteiger partial charge in [0.1, 0.15) is 5.75 Å². The van der Waals surface area contributed by atoms with Crippen molar-refractivity contribution in [1.82, 2.24) is 5.32 Å². The van der Waals surface area contributed by atoms with Crippen LogP contribution in [0.2, 0.25) is 5.02 Å². The number of carbonyl (C=O) groups excluding carboxylic acids is 1. The molecule has 0 heterocycles. The molecule has 0 spiro atoms. The lowest BCUT2D eigenvalue weighted by molar-refractivity contribution is -0.127. The average molecular weight is 254 g/mol. The summed E-state index contributed by atoms with van der Waals surface area (Å²) in [4.78, 5) is 11.7. The summed E-state index contributed by atoms with van der Waals surface area (Å²) in [6.45, 7) is 3.67. The van der Waals surface area contributed by atoms with Crippen LogP contribution in [0.25, 0.3) is 0 Å². The van der Waals surface area contributed by atoms with Crippen molar-refractivity contribution in [2.45, 2.75) is 38.8 Å². The Balaban J connectivity index is 1.96. The highest BCUT2D eigenvalue weighted by molar-refractivity contribution is 6.30. The number of aryl methyl sites for hydroxylation is 1. The molecule has 1 aliphatic carbocycles. The van der Waals surface area contributed by atoms with Crippen LogP contribution >= 0.6 is 11.6 Å². The zero-order valence-corrected chi connectivity index (χ0v) is 10.8. The Labute approximate surface area is 106 Å². The third kappa shape index (κ3) is 3.37. The molecule has 1 saturated carbocycles. The molecule has 1 aromatic rings. The van der Waals surface area contributed by atoms with Gasteiger partial charge in [0.2, 0.25) is 0 Å². The molecule has 0 unspecified atom stereocenters. The van der Waals surface area contributed by atoms with Crippen molar-refractivity contribution >= 4 is 17.5 Å². The van der Waals surface area contributed by atoms with Gasteiger partial charge in [0.05, 0.1) is 0 Å². The lowest BCUT2D eigenvalue weighted by Crippen LogP contribution is -2.37. The minimum absolute atomic E-state index is 0.0538. The van der Waals surface area contributed by atoms with E-state index in [-0.39, 0.29) is 5.91 Å². The molecule has 17 heavy (non-hydrogen) atoms. The fraction of sp³-hybridized carbons (Fsp3) is 0.462. The molecule has 1 aliphatic rings. The van der Waals surface area contributed by atoms with Crippen LogP contribution in [-0.4, -0.2) is 18.1 Å². The first kappa shape index (κ1) is 12.2. The van der Waals surface area contributed by atoms with Gasteiger partial charge in [0, 0.05) is 11.1 Å². The Hall–Kier alpha value is -1.22. The van der Waals surface area contributed by atoms with Gasteiger partial charge in [-0.2, -0.15) is 0 Å². The van der Waals surface area contributed by atoms with E-state index in [0.29, 0.717) is 16.8 Å². The van der Waals surface area contributed by atoms with Crippen molar-refractivity contribution < 1.29 is 9.53 Å². The zero-order chi connectivity index (χ0) is 12.4. The summed E-state index contributed by atoms with van der Waals surface area (Å²) in [5.74, 6) is 0.648. The van der Waals surface area contributed by atoms with Crippen molar-refractivity contribution in [1.29, 1.82) is 0 Å². The standard InChI is InChI=1S/C13H16ClNO2/c1-8-7-10(14)3-6-12(8)17-9(2)13(16)15-11-4-5-11/h3,6-7,9,11H,4-5H2,1-2H3,(H,15,16)/t9-/m1/s1. The minimum atomic E-state index is -0.476. The monoisotopic (exact) mass is 253 g/mol. The van der Waals surface area contributed by atoms with E-state index >= 15 is 0 Å². The summed E-state index contributed by atoms with van der Waals surface area (Å²) in [6, 6.07) is 5.73. The fourth-order valence-electron chi connectivity index (χ4n) is 1.54. The van der Waals surface area contributed by atoms with E-state index in [1.165, 1.54) is 0 Å². The summed E-state index contributed by atoms with van der Waals surface area (Å²) < 4.78 is 5.62. The Morgan fingerprint density at radius 1 is 1.53 bits per heavy atom. The van der Waals surface area contributed by atoms with Gasteiger partial charge in [0.25, 0.3) is 5.91 Å². The van der Waals surface area contributed by atoms with Crippen molar-refractivity contribution in [3.05, 3.63) is 28.8 Å². The summed E-state index contributed by atoms with van der Waals surface area (Å²) in [5.41, 5.74) is 0.934. The van der Waals surface area contributed by atoms with Crippen LogP contribution in [-0.2, 0) is 4.79 Å². The molecule has 0 saturated heterocycles. The summed E-state index contributed by atoms with van der Waals surface area (Å²) in [5, 5.41) is 3.59. The molecule has 1 amide bonds. The van der Waals surface area contributed by atoms with Gasteiger partial charge in [-0.25, -0.2) is 0 Å². The molecule has 0 radical (unpaired) electrons. The number of carbonyl (C=O) groups is 1. The third-order valence-electron chi connectivity index (χ3n) is 2.73. The SMILES string of the molecule is Cc1cc(Cl)ccc1O[C@H](C)C(=O)NC1CC1. The van der Waals surface area contributed by atoms with Gasteiger partial charge in [-0.15, -0.1) is 0 Å². The smallest absolute Gasteiger partial charge is 0.260 e. The van der Waals surface area contributed by atoms with Crippen LogP contribution in [0.3, 0.4) is 0 Å². The molecule has 1 atom stereocenters. The summed E-state index contributed by atoms with van der Waals surface area (Å²) >= 11 is 5.86. The van der Waals surface area contributed by atoms with E-state index in [4.69, 9.17) is 16.3 Å². The predicted octanol–water partition coefficient (Wildman–Crippen LogP) is 2.69. The second-order valence-corrected chi connectivity index (χ2v) is 4.89. The van der Waals surface area contributed by atoms with Gasteiger partial charge in [0.15, 0.2) is 6.10 Å². The number of ether oxygens (including phenoxy) is 1. The molecule has 2 rings (SSSR count). The molecule has 92 valence electrons. The maximum absolute atomic E-state index is 11.7. The minimum Gasteiger partial charge on any atom is -0.481 e. The zero-order valence-electron chi connectivity index (χ0n) is 10.00. The Morgan fingerprint density at radius 3 is 2.82 bits per heavy atom. The highest BCUT2D eigenvalue weighted by Crippen LogP contribution is 2.23. The van der Waals surface area contributed by atoms with Gasteiger partial charge in [-0.05, 0) is 50.5 Å². The number of hydrogen-bond donors (Lipinski definition) is 1. The second-order valence-electron chi connectivity index (χ2n) is 4.45. The van der Waals surface area contributed by atoms with Crippen LogP contribution in [0.5, 0.6) is 5.75 Å². The van der Waals surface area contributed by atoms with E-state index in [0.717, 1.165) is 18.4 Å². The van der Waals surface area contributed by atoms with E-state index in [9.17, 15) is 4.79 Å². The van der Waals surface area contributed by atoms with Crippen molar-refractivity contribution in [3.63, 3.8) is 0 Å². The highest BCUT2D eigenvalue weighted by atomic mass is 35.5. The highest BCUT2D eigenvalue weighted by Gasteiger charge is 2.26. The Bertz CT molecular complexity index is 429. The van der Waals surface area contributed by atoms with Crippen LogP contribution < -0.4 is 10.1 Å². The number of halogens is 1.